The maximum absolute atomic E-state index is 12.2. The second-order valence-electron chi connectivity index (χ2n) is 7.65. The third-order valence-corrected chi connectivity index (χ3v) is 4.76. The topological polar surface area (TPSA) is 44.1 Å². The molecule has 0 fully saturated rings. The molecule has 1 aromatic heterocycles. The maximum Gasteiger partial charge on any atom is 0.199 e. The largest absolute Gasteiger partial charge is 0.302 e. The minimum absolute atomic E-state index is 0.251. The van der Waals surface area contributed by atoms with E-state index in [9.17, 15) is 4.57 Å². The lowest BCUT2D eigenvalue weighted by molar-refractivity contribution is 0.0369. The third-order valence-electron chi connectivity index (χ3n) is 3.87. The van der Waals surface area contributed by atoms with Gasteiger partial charge < -0.3 is 4.52 Å². The smallest absolute Gasteiger partial charge is 0.199 e. The molecule has 0 saturated carbocycles. The van der Waals surface area contributed by atoms with Crippen LogP contribution >= 0.6 is 7.37 Å². The summed E-state index contributed by atoms with van der Waals surface area (Å²) in [4.78, 5) is 4.84. The molecule has 0 saturated heterocycles. The van der Waals surface area contributed by atoms with E-state index in [1.54, 1.807) is 13.3 Å². The lowest BCUT2D eigenvalue weighted by atomic mass is 10.0. The van der Waals surface area contributed by atoms with Crippen molar-refractivity contribution in [2.45, 2.75) is 59.1 Å². The van der Waals surface area contributed by atoms with Gasteiger partial charge in [-0.15, -0.1) is 0 Å². The molecule has 0 spiro atoms. The third kappa shape index (κ3) is 3.87. The monoisotopic (exact) mass is 336 g/mol. The van der Waals surface area contributed by atoms with Gasteiger partial charge >= 0.3 is 0 Å². The van der Waals surface area contributed by atoms with Gasteiger partial charge in [0.15, 0.2) is 7.37 Å². The molecular weight excluding hydrogens is 307 g/mol. The Morgan fingerprint density at radius 3 is 2.22 bits per heavy atom. The molecule has 0 atom stereocenters. The predicted octanol–water partition coefficient (Wildman–Crippen LogP) is 5.53. The standard InChI is InChI=1S/C18H29N2O2P/c1-12(2)14-9-10-16-15(11-14)19-17(13(3)4)20(16)18(5,6)22-23(7,8)21/h9-13H,1-8H3. The van der Waals surface area contributed by atoms with Crippen LogP contribution in [0, 0.1) is 0 Å². The molecule has 0 unspecified atom stereocenters. The molecule has 0 amide bonds. The Balaban J connectivity index is 2.70. The van der Waals surface area contributed by atoms with Crippen molar-refractivity contribution < 1.29 is 9.09 Å². The molecule has 4 nitrogen and oxygen atoms in total. The van der Waals surface area contributed by atoms with E-state index in [1.165, 1.54) is 5.56 Å². The fourth-order valence-corrected chi connectivity index (χ4v) is 4.16. The molecule has 1 heterocycles. The second-order valence-corrected chi connectivity index (χ2v) is 10.3. The van der Waals surface area contributed by atoms with Crippen LogP contribution in [-0.2, 0) is 14.8 Å². The number of aromatic nitrogens is 2. The average Bonchev–Trinajstić information content (AvgIpc) is 2.74. The highest BCUT2D eigenvalue weighted by Crippen LogP contribution is 2.45. The number of benzene rings is 1. The summed E-state index contributed by atoms with van der Waals surface area (Å²) in [6, 6.07) is 6.39. The van der Waals surface area contributed by atoms with Crippen molar-refractivity contribution in [1.29, 1.82) is 0 Å². The SMILES string of the molecule is CC(C)c1ccc2c(c1)nc(C(C)C)n2C(C)(C)OP(C)(C)=O. The Morgan fingerprint density at radius 2 is 1.74 bits per heavy atom. The molecule has 128 valence electrons. The van der Waals surface area contributed by atoms with Crippen molar-refractivity contribution >= 4 is 18.4 Å². The van der Waals surface area contributed by atoms with Crippen molar-refractivity contribution in [3.63, 3.8) is 0 Å². The van der Waals surface area contributed by atoms with Crippen LogP contribution in [0.15, 0.2) is 18.2 Å². The maximum atomic E-state index is 12.2. The first-order valence-electron chi connectivity index (χ1n) is 8.21. The van der Waals surface area contributed by atoms with Gasteiger partial charge in [0, 0.05) is 19.2 Å². The number of fused-ring (bicyclic) bond motifs is 1. The van der Waals surface area contributed by atoms with Gasteiger partial charge in [0.1, 0.15) is 11.5 Å². The van der Waals surface area contributed by atoms with Crippen LogP contribution in [0.25, 0.3) is 11.0 Å². The van der Waals surface area contributed by atoms with Crippen LogP contribution in [0.4, 0.5) is 0 Å². The molecule has 2 aromatic rings. The van der Waals surface area contributed by atoms with Crippen molar-refractivity contribution in [2.24, 2.45) is 0 Å². The normalized spacial score (nSPS) is 13.5. The van der Waals surface area contributed by atoms with E-state index in [4.69, 9.17) is 9.51 Å². The Labute approximate surface area is 139 Å². The first kappa shape index (κ1) is 18.2. The highest BCUT2D eigenvalue weighted by molar-refractivity contribution is 7.57. The fourth-order valence-electron chi connectivity index (χ4n) is 3.01. The van der Waals surface area contributed by atoms with Crippen LogP contribution in [0.1, 0.15) is 64.8 Å². The molecule has 0 bridgehead atoms. The molecule has 0 aliphatic carbocycles. The summed E-state index contributed by atoms with van der Waals surface area (Å²) in [5.41, 5.74) is 2.55. The molecular formula is C18H29N2O2P. The van der Waals surface area contributed by atoms with Crippen LogP contribution in [0.5, 0.6) is 0 Å². The summed E-state index contributed by atoms with van der Waals surface area (Å²) in [6.07, 6.45) is 0. The Bertz CT molecular complexity index is 754. The molecule has 2 rings (SSSR count). The van der Waals surface area contributed by atoms with E-state index >= 15 is 0 Å². The van der Waals surface area contributed by atoms with E-state index in [1.807, 2.05) is 13.8 Å². The van der Waals surface area contributed by atoms with E-state index in [-0.39, 0.29) is 5.92 Å². The molecule has 0 N–H and O–H groups in total. The van der Waals surface area contributed by atoms with Crippen LogP contribution in [-0.4, -0.2) is 22.9 Å². The number of nitrogens with zero attached hydrogens (tertiary/aromatic N) is 2. The number of rotatable bonds is 5. The summed E-state index contributed by atoms with van der Waals surface area (Å²) in [7, 11) is -2.63. The van der Waals surface area contributed by atoms with E-state index < -0.39 is 13.1 Å². The highest BCUT2D eigenvalue weighted by Gasteiger charge is 2.32. The van der Waals surface area contributed by atoms with Crippen molar-refractivity contribution in [1.82, 2.24) is 9.55 Å². The van der Waals surface area contributed by atoms with E-state index in [0.717, 1.165) is 16.9 Å². The lowest BCUT2D eigenvalue weighted by Crippen LogP contribution is -2.30. The van der Waals surface area contributed by atoms with Gasteiger partial charge in [-0.1, -0.05) is 33.8 Å². The zero-order valence-corrected chi connectivity index (χ0v) is 16.4. The van der Waals surface area contributed by atoms with Crippen LogP contribution in [0.3, 0.4) is 0 Å². The van der Waals surface area contributed by atoms with Crippen molar-refractivity contribution in [3.8, 4) is 0 Å². The Morgan fingerprint density at radius 1 is 1.13 bits per heavy atom. The summed E-state index contributed by atoms with van der Waals surface area (Å²) in [5.74, 6) is 1.67. The number of hydrogen-bond acceptors (Lipinski definition) is 3. The first-order chi connectivity index (χ1) is 10.4. The van der Waals surface area contributed by atoms with Crippen molar-refractivity contribution in [2.75, 3.05) is 13.3 Å². The summed E-state index contributed by atoms with van der Waals surface area (Å²) in [6.45, 7) is 15.8. The molecule has 5 heteroatoms. The second kappa shape index (κ2) is 6.07. The molecule has 1 aromatic carbocycles. The molecule has 0 aliphatic heterocycles. The zero-order valence-electron chi connectivity index (χ0n) is 15.5. The Kier molecular flexibility index (Phi) is 4.81. The van der Waals surface area contributed by atoms with Gasteiger partial charge in [-0.3, -0.25) is 9.13 Å². The van der Waals surface area contributed by atoms with Crippen molar-refractivity contribution in [3.05, 3.63) is 29.6 Å². The number of hydrogen-bond donors (Lipinski definition) is 0. The highest BCUT2D eigenvalue weighted by atomic mass is 31.2. The van der Waals surface area contributed by atoms with Gasteiger partial charge in [-0.05, 0) is 37.5 Å². The fraction of sp³-hybridized carbons (Fsp3) is 0.611. The minimum Gasteiger partial charge on any atom is -0.302 e. The van der Waals surface area contributed by atoms with E-state index in [0.29, 0.717) is 5.92 Å². The number of imidazole rings is 1. The van der Waals surface area contributed by atoms with E-state index in [2.05, 4.69) is 50.5 Å². The minimum atomic E-state index is -2.63. The van der Waals surface area contributed by atoms with Crippen LogP contribution < -0.4 is 0 Å². The summed E-state index contributed by atoms with van der Waals surface area (Å²) < 4.78 is 20.2. The molecule has 0 aliphatic rings. The summed E-state index contributed by atoms with van der Waals surface area (Å²) >= 11 is 0. The van der Waals surface area contributed by atoms with Gasteiger partial charge in [0.25, 0.3) is 0 Å². The average molecular weight is 336 g/mol. The van der Waals surface area contributed by atoms with Gasteiger partial charge in [0.2, 0.25) is 0 Å². The van der Waals surface area contributed by atoms with Gasteiger partial charge in [-0.2, -0.15) is 0 Å². The Hall–Kier alpha value is -1.12. The zero-order chi connectivity index (χ0) is 17.6. The van der Waals surface area contributed by atoms with Crippen LogP contribution in [0.2, 0.25) is 0 Å². The first-order valence-corrected chi connectivity index (χ1v) is 10.7. The lowest BCUT2D eigenvalue weighted by Gasteiger charge is -2.32. The predicted molar refractivity (Wildman–Crippen MR) is 97.8 cm³/mol. The molecule has 0 radical (unpaired) electrons. The quantitative estimate of drug-likeness (QED) is 0.674. The van der Waals surface area contributed by atoms with Gasteiger partial charge in [-0.25, -0.2) is 4.98 Å². The summed E-state index contributed by atoms with van der Waals surface area (Å²) in [5, 5.41) is 0. The molecule has 23 heavy (non-hydrogen) atoms. The van der Waals surface area contributed by atoms with Gasteiger partial charge in [0.05, 0.1) is 11.0 Å².